The average molecular weight is 392 g/mol. The van der Waals surface area contributed by atoms with Crippen LogP contribution in [-0.4, -0.2) is 15.3 Å². The van der Waals surface area contributed by atoms with Gasteiger partial charge in [0, 0.05) is 11.1 Å². The lowest BCUT2D eigenvalue weighted by Crippen LogP contribution is -2.40. The van der Waals surface area contributed by atoms with Crippen LogP contribution in [0.4, 0.5) is 0 Å². The van der Waals surface area contributed by atoms with E-state index in [4.69, 9.17) is 4.74 Å². The van der Waals surface area contributed by atoms with Gasteiger partial charge in [-0.25, -0.2) is 9.36 Å². The zero-order valence-corrected chi connectivity index (χ0v) is 16.8. The highest BCUT2D eigenvalue weighted by molar-refractivity contribution is 6.08. The minimum Gasteiger partial charge on any atom is -0.356 e. The first-order chi connectivity index (χ1) is 13.9. The highest BCUT2D eigenvalue weighted by Crippen LogP contribution is 2.14. The SMILES string of the molecule is CCc1c(C(=O)c2cc(C)cc(C)c2)[nH]c(=O)n(COCc2ccccc2)c1=O. The van der Waals surface area contributed by atoms with Crippen molar-refractivity contribution in [1.29, 1.82) is 0 Å². The molecule has 0 radical (unpaired) electrons. The van der Waals surface area contributed by atoms with Gasteiger partial charge in [-0.3, -0.25) is 9.59 Å². The molecule has 0 aliphatic rings. The fraction of sp³-hybridized carbons (Fsp3) is 0.261. The van der Waals surface area contributed by atoms with Crippen LogP contribution in [0.2, 0.25) is 0 Å². The number of ketones is 1. The normalized spacial score (nSPS) is 10.9. The summed E-state index contributed by atoms with van der Waals surface area (Å²) in [5.74, 6) is -0.361. The number of H-pyrrole nitrogens is 1. The fourth-order valence-electron chi connectivity index (χ4n) is 3.33. The number of hydrogen-bond donors (Lipinski definition) is 1. The maximum absolute atomic E-state index is 13.0. The van der Waals surface area contributed by atoms with Crippen LogP contribution in [0.5, 0.6) is 0 Å². The molecular weight excluding hydrogens is 368 g/mol. The lowest BCUT2D eigenvalue weighted by molar-refractivity contribution is 0.0585. The summed E-state index contributed by atoms with van der Waals surface area (Å²) in [7, 11) is 0. The molecular formula is C23H24N2O4. The predicted octanol–water partition coefficient (Wildman–Crippen LogP) is 3.12. The summed E-state index contributed by atoms with van der Waals surface area (Å²) >= 11 is 0. The Morgan fingerprint density at radius 2 is 1.69 bits per heavy atom. The quantitative estimate of drug-likeness (QED) is 0.627. The molecule has 0 fully saturated rings. The highest BCUT2D eigenvalue weighted by atomic mass is 16.5. The van der Waals surface area contributed by atoms with Crippen molar-refractivity contribution in [3.63, 3.8) is 0 Å². The van der Waals surface area contributed by atoms with Crippen LogP contribution in [0.25, 0.3) is 0 Å². The number of aryl methyl sites for hydroxylation is 2. The zero-order chi connectivity index (χ0) is 21.0. The van der Waals surface area contributed by atoms with E-state index in [1.807, 2.05) is 50.2 Å². The maximum Gasteiger partial charge on any atom is 0.330 e. The van der Waals surface area contributed by atoms with E-state index in [0.717, 1.165) is 21.3 Å². The predicted molar refractivity (Wildman–Crippen MR) is 111 cm³/mol. The van der Waals surface area contributed by atoms with E-state index in [0.29, 0.717) is 12.0 Å². The summed E-state index contributed by atoms with van der Waals surface area (Å²) in [5.41, 5.74) is 2.43. The molecule has 29 heavy (non-hydrogen) atoms. The summed E-state index contributed by atoms with van der Waals surface area (Å²) in [6, 6.07) is 14.9. The Bertz CT molecular complexity index is 1120. The summed E-state index contributed by atoms with van der Waals surface area (Å²) in [6.07, 6.45) is 0.320. The Morgan fingerprint density at radius 1 is 1.03 bits per heavy atom. The van der Waals surface area contributed by atoms with Gasteiger partial charge in [0.2, 0.25) is 5.78 Å². The van der Waals surface area contributed by atoms with Gasteiger partial charge in [0.15, 0.2) is 0 Å². The molecule has 0 aliphatic heterocycles. The maximum atomic E-state index is 13.0. The second-order valence-corrected chi connectivity index (χ2v) is 7.04. The molecule has 1 aromatic heterocycles. The molecule has 0 unspecified atom stereocenters. The van der Waals surface area contributed by atoms with Crippen LogP contribution in [0.15, 0.2) is 58.1 Å². The minimum atomic E-state index is -0.659. The van der Waals surface area contributed by atoms with Crippen molar-refractivity contribution in [2.75, 3.05) is 0 Å². The first-order valence-corrected chi connectivity index (χ1v) is 9.51. The van der Waals surface area contributed by atoms with Gasteiger partial charge in [-0.15, -0.1) is 0 Å². The molecule has 1 N–H and O–H groups in total. The van der Waals surface area contributed by atoms with E-state index < -0.39 is 11.2 Å². The lowest BCUT2D eigenvalue weighted by Gasteiger charge is -2.12. The van der Waals surface area contributed by atoms with E-state index in [2.05, 4.69) is 4.98 Å². The van der Waals surface area contributed by atoms with Gasteiger partial charge in [-0.05, 0) is 38.0 Å². The first kappa shape index (κ1) is 20.5. The molecule has 0 saturated heterocycles. The average Bonchev–Trinajstić information content (AvgIpc) is 2.69. The molecule has 0 aliphatic carbocycles. The van der Waals surface area contributed by atoms with Gasteiger partial charge < -0.3 is 9.72 Å². The van der Waals surface area contributed by atoms with E-state index in [1.165, 1.54) is 0 Å². The molecule has 0 atom stereocenters. The van der Waals surface area contributed by atoms with E-state index >= 15 is 0 Å². The van der Waals surface area contributed by atoms with Crippen molar-refractivity contribution in [3.8, 4) is 0 Å². The van der Waals surface area contributed by atoms with Crippen molar-refractivity contribution in [1.82, 2.24) is 9.55 Å². The third kappa shape index (κ3) is 4.60. The lowest BCUT2D eigenvalue weighted by atomic mass is 9.99. The van der Waals surface area contributed by atoms with Crippen LogP contribution in [0.1, 0.15) is 45.2 Å². The minimum absolute atomic E-state index is 0.0480. The van der Waals surface area contributed by atoms with Gasteiger partial charge in [0.05, 0.1) is 12.3 Å². The second kappa shape index (κ2) is 8.84. The van der Waals surface area contributed by atoms with Gasteiger partial charge in [0.25, 0.3) is 5.56 Å². The second-order valence-electron chi connectivity index (χ2n) is 7.04. The largest absolute Gasteiger partial charge is 0.356 e. The van der Waals surface area contributed by atoms with Crippen LogP contribution < -0.4 is 11.2 Å². The van der Waals surface area contributed by atoms with Crippen molar-refractivity contribution in [2.24, 2.45) is 0 Å². The van der Waals surface area contributed by atoms with Crippen LogP contribution >= 0.6 is 0 Å². The zero-order valence-electron chi connectivity index (χ0n) is 16.8. The molecule has 0 amide bonds. The first-order valence-electron chi connectivity index (χ1n) is 9.51. The number of nitrogens with zero attached hydrogens (tertiary/aromatic N) is 1. The van der Waals surface area contributed by atoms with Crippen molar-refractivity contribution < 1.29 is 9.53 Å². The molecule has 6 nitrogen and oxygen atoms in total. The Hall–Kier alpha value is -3.25. The molecule has 150 valence electrons. The highest BCUT2D eigenvalue weighted by Gasteiger charge is 2.20. The Balaban J connectivity index is 1.91. The molecule has 0 bridgehead atoms. The van der Waals surface area contributed by atoms with Crippen LogP contribution in [-0.2, 0) is 24.5 Å². The molecule has 0 saturated carbocycles. The number of rotatable bonds is 7. The van der Waals surface area contributed by atoms with E-state index in [1.54, 1.807) is 19.1 Å². The van der Waals surface area contributed by atoms with Gasteiger partial charge in [0.1, 0.15) is 6.73 Å². The molecule has 0 spiro atoms. The topological polar surface area (TPSA) is 81.2 Å². The van der Waals surface area contributed by atoms with Gasteiger partial charge in [-0.2, -0.15) is 0 Å². The monoisotopic (exact) mass is 392 g/mol. The standard InChI is InChI=1S/C23H24N2O4/c1-4-19-20(21(26)18-11-15(2)10-16(3)12-18)24-23(28)25(22(19)27)14-29-13-17-8-6-5-7-9-17/h5-12H,4,13-14H2,1-3H3,(H,24,28). The molecule has 3 aromatic rings. The molecule has 2 aromatic carbocycles. The number of nitrogens with one attached hydrogen (secondary N) is 1. The Kier molecular flexibility index (Phi) is 6.24. The Labute approximate surface area is 168 Å². The summed E-state index contributed by atoms with van der Waals surface area (Å²) in [6.45, 7) is 5.67. The molecule has 1 heterocycles. The third-order valence-electron chi connectivity index (χ3n) is 4.68. The number of benzene rings is 2. The number of carbonyl (C=O) groups excluding carboxylic acids is 1. The molecule has 3 rings (SSSR count). The summed E-state index contributed by atoms with van der Waals surface area (Å²) < 4.78 is 6.53. The number of aromatic amines is 1. The smallest absolute Gasteiger partial charge is 0.330 e. The molecule has 6 heteroatoms. The van der Waals surface area contributed by atoms with Crippen molar-refractivity contribution in [3.05, 3.63) is 103 Å². The number of ether oxygens (including phenoxy) is 1. The number of hydrogen-bond acceptors (Lipinski definition) is 4. The van der Waals surface area contributed by atoms with Crippen LogP contribution in [0, 0.1) is 13.8 Å². The fourth-order valence-corrected chi connectivity index (χ4v) is 3.33. The van der Waals surface area contributed by atoms with Crippen molar-refractivity contribution in [2.45, 2.75) is 40.5 Å². The summed E-state index contributed by atoms with van der Waals surface area (Å²) in [4.78, 5) is 41.0. The van der Waals surface area contributed by atoms with Gasteiger partial charge >= 0.3 is 5.69 Å². The summed E-state index contributed by atoms with van der Waals surface area (Å²) in [5, 5.41) is 0. The number of carbonyl (C=O) groups is 1. The van der Waals surface area contributed by atoms with Gasteiger partial charge in [-0.1, -0.05) is 54.4 Å². The van der Waals surface area contributed by atoms with E-state index in [-0.39, 0.29) is 30.4 Å². The Morgan fingerprint density at radius 3 is 2.31 bits per heavy atom. The third-order valence-corrected chi connectivity index (χ3v) is 4.68. The van der Waals surface area contributed by atoms with Crippen LogP contribution in [0.3, 0.4) is 0 Å². The number of aromatic nitrogens is 2. The van der Waals surface area contributed by atoms with Crippen molar-refractivity contribution >= 4 is 5.78 Å². The van der Waals surface area contributed by atoms with E-state index in [9.17, 15) is 14.4 Å².